The molecule has 0 unspecified atom stereocenters. The van der Waals surface area contributed by atoms with Crippen molar-refractivity contribution in [3.8, 4) is 0 Å². The molecule has 2 rings (SSSR count). The van der Waals surface area contributed by atoms with Crippen LogP contribution in [-0.2, 0) is 9.53 Å². The summed E-state index contributed by atoms with van der Waals surface area (Å²) in [5.74, 6) is 0.00242. The van der Waals surface area contributed by atoms with Crippen molar-refractivity contribution < 1.29 is 9.53 Å². The zero-order valence-electron chi connectivity index (χ0n) is 12.2. The summed E-state index contributed by atoms with van der Waals surface area (Å²) >= 11 is 0. The highest BCUT2D eigenvalue weighted by molar-refractivity contribution is 6.91. The van der Waals surface area contributed by atoms with Gasteiger partial charge in [-0.3, -0.25) is 4.79 Å². The van der Waals surface area contributed by atoms with Crippen LogP contribution in [0.2, 0.25) is 18.6 Å². The van der Waals surface area contributed by atoms with E-state index < -0.39 is 8.07 Å². The lowest BCUT2D eigenvalue weighted by Crippen LogP contribution is -2.48. The number of hydrogen-bond acceptors (Lipinski definition) is 2. The molecule has 0 spiro atoms. The molecule has 0 bridgehead atoms. The van der Waals surface area contributed by atoms with Gasteiger partial charge in [0.05, 0.1) is 8.07 Å². The van der Waals surface area contributed by atoms with Gasteiger partial charge in [-0.1, -0.05) is 68.4 Å². The number of rotatable bonds is 5. The number of benzene rings is 1. The molecular formula is C16H24O2Si. The Labute approximate surface area is 117 Å². The number of cyclic esters (lactones) is 1. The summed E-state index contributed by atoms with van der Waals surface area (Å²) in [4.78, 5) is 11.7. The Balaban J connectivity index is 2.20. The summed E-state index contributed by atoms with van der Waals surface area (Å²) in [6.45, 7) is 6.92. The van der Waals surface area contributed by atoms with Crippen LogP contribution in [0.3, 0.4) is 0 Å². The summed E-state index contributed by atoms with van der Waals surface area (Å²) in [6.07, 6.45) is 4.09. The summed E-state index contributed by atoms with van der Waals surface area (Å²) in [7, 11) is -1.65. The lowest BCUT2D eigenvalue weighted by Gasteiger charge is -2.32. The molecule has 3 heteroatoms. The van der Waals surface area contributed by atoms with E-state index in [-0.39, 0.29) is 12.1 Å². The highest BCUT2D eigenvalue weighted by atomic mass is 28.3. The Morgan fingerprint density at radius 2 is 1.95 bits per heavy atom. The summed E-state index contributed by atoms with van der Waals surface area (Å²) in [5.41, 5.74) is 0.425. The van der Waals surface area contributed by atoms with Crippen molar-refractivity contribution in [3.63, 3.8) is 0 Å². The van der Waals surface area contributed by atoms with Crippen molar-refractivity contribution in [1.29, 1.82) is 0 Å². The second kappa shape index (κ2) is 5.91. The molecule has 1 aromatic carbocycles. The first-order valence-electron chi connectivity index (χ1n) is 7.30. The predicted molar refractivity (Wildman–Crippen MR) is 81.3 cm³/mol. The maximum absolute atomic E-state index is 11.7. The molecule has 0 N–H and O–H groups in total. The molecule has 1 aromatic rings. The molecule has 1 aliphatic rings. The van der Waals surface area contributed by atoms with Gasteiger partial charge >= 0.3 is 5.97 Å². The van der Waals surface area contributed by atoms with Crippen LogP contribution in [0.15, 0.2) is 30.3 Å². The third kappa shape index (κ3) is 3.08. The molecule has 1 heterocycles. The van der Waals surface area contributed by atoms with Crippen LogP contribution >= 0.6 is 0 Å². The van der Waals surface area contributed by atoms with Gasteiger partial charge in [0.25, 0.3) is 0 Å². The molecule has 1 aliphatic heterocycles. The minimum Gasteiger partial charge on any atom is -0.462 e. The van der Waals surface area contributed by atoms with Gasteiger partial charge < -0.3 is 4.74 Å². The van der Waals surface area contributed by atoms with Crippen molar-refractivity contribution in [2.75, 3.05) is 0 Å². The topological polar surface area (TPSA) is 26.3 Å². The first-order valence-corrected chi connectivity index (χ1v) is 10.4. The molecule has 0 radical (unpaired) electrons. The fourth-order valence-corrected chi connectivity index (χ4v) is 6.40. The Morgan fingerprint density at radius 3 is 2.58 bits per heavy atom. The molecule has 1 fully saturated rings. The molecule has 2 atom stereocenters. The van der Waals surface area contributed by atoms with Crippen LogP contribution in [0, 0.1) is 0 Å². The lowest BCUT2D eigenvalue weighted by atomic mass is 10.1. The molecule has 2 nitrogen and oxygen atoms in total. The zero-order valence-corrected chi connectivity index (χ0v) is 13.2. The smallest absolute Gasteiger partial charge is 0.306 e. The fourth-order valence-electron chi connectivity index (χ4n) is 3.08. The highest BCUT2D eigenvalue weighted by Crippen LogP contribution is 2.38. The Hall–Kier alpha value is -1.09. The van der Waals surface area contributed by atoms with E-state index in [1.807, 2.05) is 0 Å². The van der Waals surface area contributed by atoms with Crippen molar-refractivity contribution in [2.45, 2.75) is 57.3 Å². The first-order chi connectivity index (χ1) is 9.05. The standard InChI is InChI=1S/C16H24O2Si/c1-4-5-11-14-15(12-16(17)18-14)19(2,3)13-9-7-6-8-10-13/h6-10,14-15H,4-5,11-12H2,1-3H3/t14-,15+/m1/s1. The van der Waals surface area contributed by atoms with Gasteiger partial charge in [-0.15, -0.1) is 0 Å². The Bertz CT molecular complexity index is 428. The number of esters is 1. The molecule has 19 heavy (non-hydrogen) atoms. The van der Waals surface area contributed by atoms with Crippen LogP contribution in [0.25, 0.3) is 0 Å². The third-order valence-electron chi connectivity index (χ3n) is 4.41. The monoisotopic (exact) mass is 276 g/mol. The summed E-state index contributed by atoms with van der Waals surface area (Å²) in [5, 5.41) is 1.43. The van der Waals surface area contributed by atoms with Gasteiger partial charge in [0.2, 0.25) is 0 Å². The van der Waals surface area contributed by atoms with Crippen LogP contribution in [0.5, 0.6) is 0 Å². The van der Waals surface area contributed by atoms with Gasteiger partial charge in [0, 0.05) is 12.0 Å². The van der Waals surface area contributed by atoms with Gasteiger partial charge in [-0.25, -0.2) is 0 Å². The molecule has 0 saturated carbocycles. The minimum atomic E-state index is -1.65. The number of carbonyl (C=O) groups excluding carboxylic acids is 1. The average Bonchev–Trinajstić information content (AvgIpc) is 2.79. The largest absolute Gasteiger partial charge is 0.462 e. The second-order valence-electron chi connectivity index (χ2n) is 6.07. The van der Waals surface area contributed by atoms with E-state index in [0.717, 1.165) is 19.3 Å². The predicted octanol–water partition coefficient (Wildman–Crippen LogP) is 3.48. The van der Waals surface area contributed by atoms with E-state index in [1.165, 1.54) is 5.19 Å². The number of hydrogen-bond donors (Lipinski definition) is 0. The molecule has 0 aromatic heterocycles. The number of ether oxygens (including phenoxy) is 1. The fraction of sp³-hybridized carbons (Fsp3) is 0.562. The second-order valence-corrected chi connectivity index (χ2v) is 10.8. The first kappa shape index (κ1) is 14.3. The SMILES string of the molecule is CCCC[C@H]1OC(=O)C[C@@H]1[Si](C)(C)c1ccccc1. The quantitative estimate of drug-likeness (QED) is 0.608. The van der Waals surface area contributed by atoms with Crippen LogP contribution < -0.4 is 5.19 Å². The van der Waals surface area contributed by atoms with Crippen molar-refractivity contribution >= 4 is 19.2 Å². The minimum absolute atomic E-state index is 0.00242. The van der Waals surface area contributed by atoms with E-state index in [1.54, 1.807) is 0 Å². The van der Waals surface area contributed by atoms with E-state index in [4.69, 9.17) is 4.74 Å². The normalized spacial score (nSPS) is 23.4. The number of unbranched alkanes of at least 4 members (excludes halogenated alkanes) is 1. The molecule has 0 amide bonds. The van der Waals surface area contributed by atoms with Crippen LogP contribution in [-0.4, -0.2) is 20.1 Å². The van der Waals surface area contributed by atoms with Crippen molar-refractivity contribution in [2.24, 2.45) is 0 Å². The van der Waals surface area contributed by atoms with Crippen molar-refractivity contribution in [1.82, 2.24) is 0 Å². The zero-order chi connectivity index (χ0) is 13.9. The Morgan fingerprint density at radius 1 is 1.26 bits per heavy atom. The lowest BCUT2D eigenvalue weighted by molar-refractivity contribution is -0.141. The molecular weight excluding hydrogens is 252 g/mol. The Kier molecular flexibility index (Phi) is 4.45. The van der Waals surface area contributed by atoms with Gasteiger partial charge in [-0.05, 0) is 6.42 Å². The molecule has 104 valence electrons. The van der Waals surface area contributed by atoms with Crippen LogP contribution in [0.4, 0.5) is 0 Å². The van der Waals surface area contributed by atoms with Gasteiger partial charge in [-0.2, -0.15) is 0 Å². The number of carbonyl (C=O) groups is 1. The molecule has 0 aliphatic carbocycles. The highest BCUT2D eigenvalue weighted by Gasteiger charge is 2.45. The average molecular weight is 276 g/mol. The van der Waals surface area contributed by atoms with E-state index in [2.05, 4.69) is 50.3 Å². The molecule has 1 saturated heterocycles. The van der Waals surface area contributed by atoms with E-state index >= 15 is 0 Å². The van der Waals surface area contributed by atoms with Gasteiger partial charge in [0.1, 0.15) is 6.10 Å². The maximum Gasteiger partial charge on any atom is 0.306 e. The summed E-state index contributed by atoms with van der Waals surface area (Å²) in [6, 6.07) is 10.7. The van der Waals surface area contributed by atoms with Crippen molar-refractivity contribution in [3.05, 3.63) is 30.3 Å². The van der Waals surface area contributed by atoms with E-state index in [0.29, 0.717) is 12.0 Å². The van der Waals surface area contributed by atoms with E-state index in [9.17, 15) is 4.79 Å². The van der Waals surface area contributed by atoms with Gasteiger partial charge in [0.15, 0.2) is 0 Å². The summed E-state index contributed by atoms with van der Waals surface area (Å²) < 4.78 is 5.58. The third-order valence-corrected chi connectivity index (χ3v) is 8.66. The van der Waals surface area contributed by atoms with Crippen LogP contribution in [0.1, 0.15) is 32.6 Å². The maximum atomic E-state index is 11.7.